The van der Waals surface area contributed by atoms with Gasteiger partial charge in [0.25, 0.3) is 0 Å². The fraction of sp³-hybridized carbons (Fsp3) is 0.348. The molecule has 0 fully saturated rings. The third-order valence-electron chi connectivity index (χ3n) is 4.57. The highest BCUT2D eigenvalue weighted by Gasteiger charge is 2.22. The third kappa shape index (κ3) is 6.32. The minimum absolute atomic E-state index is 0.131. The summed E-state index contributed by atoms with van der Waals surface area (Å²) in [4.78, 5) is 12.5. The van der Waals surface area contributed by atoms with Gasteiger partial charge in [0.05, 0.1) is 5.75 Å². The van der Waals surface area contributed by atoms with Crippen molar-refractivity contribution in [2.75, 3.05) is 11.1 Å². The van der Waals surface area contributed by atoms with Crippen LogP contribution in [0.5, 0.6) is 5.75 Å². The molecule has 1 unspecified atom stereocenters. The summed E-state index contributed by atoms with van der Waals surface area (Å²) in [5.74, 6) is 0.709. The normalized spacial score (nSPS) is 12.1. The minimum Gasteiger partial charge on any atom is -0.480 e. The highest BCUT2D eigenvalue weighted by molar-refractivity contribution is 9.10. The second kappa shape index (κ2) is 11.0. The van der Waals surface area contributed by atoms with Crippen molar-refractivity contribution in [1.82, 2.24) is 14.8 Å². The second-order valence-electron chi connectivity index (χ2n) is 7.84. The number of hydrogen-bond acceptors (Lipinski definition) is 5. The van der Waals surface area contributed by atoms with E-state index in [0.29, 0.717) is 23.4 Å². The summed E-state index contributed by atoms with van der Waals surface area (Å²) < 4.78 is 22.7. The van der Waals surface area contributed by atoms with Crippen molar-refractivity contribution in [1.29, 1.82) is 0 Å². The molecule has 9 heteroatoms. The Morgan fingerprint density at radius 3 is 2.66 bits per heavy atom. The molecule has 0 spiro atoms. The van der Waals surface area contributed by atoms with Crippen LogP contribution in [0.2, 0.25) is 0 Å². The first kappa shape index (κ1) is 24.3. The Balaban J connectivity index is 1.70. The molecule has 170 valence electrons. The van der Waals surface area contributed by atoms with Crippen LogP contribution in [0.4, 0.5) is 10.1 Å². The minimum atomic E-state index is -0.507. The molecule has 2 aromatic carbocycles. The van der Waals surface area contributed by atoms with E-state index in [9.17, 15) is 9.18 Å². The fourth-order valence-electron chi connectivity index (χ4n) is 3.08. The Labute approximate surface area is 200 Å². The SMILES string of the molecule is Cc1cc(NC(=O)CSc2nnc(C(C)Oc3ccccc3F)n2CC(C)C)ccc1Br. The smallest absolute Gasteiger partial charge is 0.234 e. The summed E-state index contributed by atoms with van der Waals surface area (Å²) in [5, 5.41) is 12.1. The molecule has 0 aliphatic rings. The van der Waals surface area contributed by atoms with E-state index in [2.05, 4.69) is 45.3 Å². The number of halogens is 2. The van der Waals surface area contributed by atoms with Gasteiger partial charge in [0.15, 0.2) is 28.7 Å². The number of anilines is 1. The summed E-state index contributed by atoms with van der Waals surface area (Å²) in [5.41, 5.74) is 1.79. The van der Waals surface area contributed by atoms with E-state index in [1.54, 1.807) is 18.2 Å². The predicted octanol–water partition coefficient (Wildman–Crippen LogP) is 6.01. The lowest BCUT2D eigenvalue weighted by Gasteiger charge is -2.18. The van der Waals surface area contributed by atoms with Crippen LogP contribution in [0.1, 0.15) is 38.3 Å². The number of aromatic nitrogens is 3. The van der Waals surface area contributed by atoms with Crippen LogP contribution >= 0.6 is 27.7 Å². The zero-order chi connectivity index (χ0) is 23.3. The van der Waals surface area contributed by atoms with E-state index < -0.39 is 11.9 Å². The van der Waals surface area contributed by atoms with Crippen molar-refractivity contribution in [3.8, 4) is 5.75 Å². The number of carbonyl (C=O) groups excluding carboxylic acids is 1. The van der Waals surface area contributed by atoms with Gasteiger partial charge in [-0.15, -0.1) is 10.2 Å². The average Bonchev–Trinajstić information content (AvgIpc) is 3.13. The molecule has 0 bridgehead atoms. The number of nitrogens with zero attached hydrogens (tertiary/aromatic N) is 3. The van der Waals surface area contributed by atoms with E-state index in [4.69, 9.17) is 4.74 Å². The number of para-hydroxylation sites is 1. The van der Waals surface area contributed by atoms with Gasteiger partial charge in [0, 0.05) is 16.7 Å². The standard InChI is InChI=1S/C23H26BrFN4O2S/c1-14(2)12-29-22(16(4)31-20-8-6-5-7-19(20)25)27-28-23(29)32-13-21(30)26-17-9-10-18(24)15(3)11-17/h5-11,14,16H,12-13H2,1-4H3,(H,26,30). The van der Waals surface area contributed by atoms with Crippen LogP contribution in [0, 0.1) is 18.7 Å². The van der Waals surface area contributed by atoms with Crippen LogP contribution in [-0.4, -0.2) is 26.4 Å². The number of ether oxygens (including phenoxy) is 1. The van der Waals surface area contributed by atoms with E-state index in [1.165, 1.54) is 17.8 Å². The molecule has 1 amide bonds. The number of benzene rings is 2. The fourth-order valence-corrected chi connectivity index (χ4v) is 4.08. The third-order valence-corrected chi connectivity index (χ3v) is 6.43. The van der Waals surface area contributed by atoms with Crippen LogP contribution < -0.4 is 10.1 Å². The first-order valence-electron chi connectivity index (χ1n) is 10.3. The van der Waals surface area contributed by atoms with Crippen LogP contribution in [0.25, 0.3) is 0 Å². The Bertz CT molecular complexity index is 1090. The van der Waals surface area contributed by atoms with Crippen molar-refractivity contribution in [3.63, 3.8) is 0 Å². The predicted molar refractivity (Wildman–Crippen MR) is 129 cm³/mol. The maximum Gasteiger partial charge on any atom is 0.234 e. The number of rotatable bonds is 9. The van der Waals surface area contributed by atoms with Gasteiger partial charge in [0.2, 0.25) is 5.91 Å². The quantitative estimate of drug-likeness (QED) is 0.349. The molecule has 0 aliphatic heterocycles. The summed E-state index contributed by atoms with van der Waals surface area (Å²) in [6, 6.07) is 11.9. The average molecular weight is 521 g/mol. The van der Waals surface area contributed by atoms with E-state index in [0.717, 1.165) is 15.7 Å². The number of nitrogens with one attached hydrogen (secondary N) is 1. The Morgan fingerprint density at radius 1 is 1.22 bits per heavy atom. The van der Waals surface area contributed by atoms with Gasteiger partial charge >= 0.3 is 0 Å². The van der Waals surface area contributed by atoms with Crippen LogP contribution in [0.15, 0.2) is 52.1 Å². The molecule has 3 rings (SSSR count). The van der Waals surface area contributed by atoms with E-state index in [-0.39, 0.29) is 17.4 Å². The van der Waals surface area contributed by atoms with E-state index >= 15 is 0 Å². The van der Waals surface area contributed by atoms with Crippen LogP contribution in [0.3, 0.4) is 0 Å². The topological polar surface area (TPSA) is 69.0 Å². The largest absolute Gasteiger partial charge is 0.480 e. The highest BCUT2D eigenvalue weighted by atomic mass is 79.9. The Hall–Kier alpha value is -2.39. The highest BCUT2D eigenvalue weighted by Crippen LogP contribution is 2.27. The Morgan fingerprint density at radius 2 is 1.97 bits per heavy atom. The maximum atomic E-state index is 14.0. The van der Waals surface area contributed by atoms with Gasteiger partial charge in [-0.25, -0.2) is 4.39 Å². The molecular weight excluding hydrogens is 495 g/mol. The first-order chi connectivity index (χ1) is 15.2. The molecule has 0 aliphatic carbocycles. The molecule has 6 nitrogen and oxygen atoms in total. The number of aryl methyl sites for hydroxylation is 1. The van der Waals surface area contributed by atoms with Gasteiger partial charge in [-0.05, 0) is 55.7 Å². The number of carbonyl (C=O) groups is 1. The zero-order valence-electron chi connectivity index (χ0n) is 18.4. The second-order valence-corrected chi connectivity index (χ2v) is 9.63. The van der Waals surface area contributed by atoms with Crippen molar-refractivity contribution in [2.24, 2.45) is 5.92 Å². The molecule has 0 saturated carbocycles. The van der Waals surface area contributed by atoms with Gasteiger partial charge in [-0.1, -0.05) is 53.7 Å². The summed E-state index contributed by atoms with van der Waals surface area (Å²) >= 11 is 4.77. The zero-order valence-corrected chi connectivity index (χ0v) is 20.8. The molecule has 32 heavy (non-hydrogen) atoms. The van der Waals surface area contributed by atoms with E-state index in [1.807, 2.05) is 36.6 Å². The van der Waals surface area contributed by atoms with Crippen molar-refractivity contribution >= 4 is 39.3 Å². The van der Waals surface area contributed by atoms with Crippen molar-refractivity contribution in [3.05, 3.63) is 64.1 Å². The molecule has 3 aromatic rings. The molecule has 1 N–H and O–H groups in total. The molecule has 1 aromatic heterocycles. The summed E-state index contributed by atoms with van der Waals surface area (Å²) in [6.45, 7) is 8.61. The maximum absolute atomic E-state index is 14.0. The lowest BCUT2D eigenvalue weighted by atomic mass is 10.2. The van der Waals surface area contributed by atoms with Gasteiger partial charge in [-0.2, -0.15) is 0 Å². The number of amides is 1. The summed E-state index contributed by atoms with van der Waals surface area (Å²) in [6.07, 6.45) is -0.507. The molecular formula is C23H26BrFN4O2S. The van der Waals surface area contributed by atoms with Gasteiger partial charge in [-0.3, -0.25) is 4.79 Å². The Kier molecular flexibility index (Phi) is 8.31. The molecule has 0 radical (unpaired) electrons. The lowest BCUT2D eigenvalue weighted by Crippen LogP contribution is -2.17. The molecule has 0 saturated heterocycles. The summed E-state index contributed by atoms with van der Waals surface area (Å²) in [7, 11) is 0. The monoisotopic (exact) mass is 520 g/mol. The van der Waals surface area contributed by atoms with Crippen LogP contribution in [-0.2, 0) is 11.3 Å². The van der Waals surface area contributed by atoms with Gasteiger partial charge in [0.1, 0.15) is 0 Å². The van der Waals surface area contributed by atoms with Crippen molar-refractivity contribution < 1.29 is 13.9 Å². The number of hydrogen-bond donors (Lipinski definition) is 1. The lowest BCUT2D eigenvalue weighted by molar-refractivity contribution is -0.113. The first-order valence-corrected chi connectivity index (χ1v) is 12.1. The molecule has 1 atom stereocenters. The molecule has 1 heterocycles. The number of thioether (sulfide) groups is 1. The van der Waals surface area contributed by atoms with Crippen molar-refractivity contribution in [2.45, 2.75) is 45.5 Å². The van der Waals surface area contributed by atoms with Gasteiger partial charge < -0.3 is 14.6 Å².